The van der Waals surface area contributed by atoms with E-state index in [9.17, 15) is 0 Å². The molecule has 1 aliphatic carbocycles. The zero-order chi connectivity index (χ0) is 25.6. The number of rotatable bonds is 8. The number of ether oxygens (including phenoxy) is 2. The summed E-state index contributed by atoms with van der Waals surface area (Å²) in [6, 6.07) is 6.32. The third-order valence-electron chi connectivity index (χ3n) is 7.39. The summed E-state index contributed by atoms with van der Waals surface area (Å²) in [6.07, 6.45) is 23.0. The lowest BCUT2D eigenvalue weighted by Gasteiger charge is -2.27. The van der Waals surface area contributed by atoms with Crippen LogP contribution in [0, 0.1) is 0 Å². The number of benzene rings is 1. The second-order valence-corrected chi connectivity index (χ2v) is 10.2. The fraction of sp³-hybridized carbons (Fsp3) is 0.400. The van der Waals surface area contributed by atoms with Crippen LogP contribution in [0.3, 0.4) is 0 Å². The minimum absolute atomic E-state index is 0.0537. The lowest BCUT2D eigenvalue weighted by molar-refractivity contribution is 0.203. The molecule has 38 heavy (non-hydrogen) atoms. The van der Waals surface area contributed by atoms with Gasteiger partial charge in [0, 0.05) is 49.5 Å². The molecular weight excluding hydrogens is 476 g/mol. The normalized spacial score (nSPS) is 21.7. The smallest absolute Gasteiger partial charge is 0.232 e. The van der Waals surface area contributed by atoms with Gasteiger partial charge in [-0.15, -0.1) is 0 Å². The Labute approximate surface area is 223 Å². The van der Waals surface area contributed by atoms with E-state index < -0.39 is 0 Å². The van der Waals surface area contributed by atoms with Crippen LogP contribution in [0.1, 0.15) is 49.9 Å². The lowest BCUT2D eigenvalue weighted by Crippen LogP contribution is -2.31. The van der Waals surface area contributed by atoms with E-state index in [0.717, 1.165) is 74.2 Å². The zero-order valence-electron chi connectivity index (χ0n) is 21.7. The molecule has 4 aliphatic rings. The molecule has 1 spiro atoms. The Morgan fingerprint density at radius 1 is 1.03 bits per heavy atom. The summed E-state index contributed by atoms with van der Waals surface area (Å²) in [4.78, 5) is 20.9. The van der Waals surface area contributed by atoms with E-state index in [1.54, 1.807) is 12.4 Å². The number of hydrogen-bond donors (Lipinski definition) is 1. The molecule has 1 N–H and O–H groups in total. The van der Waals surface area contributed by atoms with Gasteiger partial charge in [-0.1, -0.05) is 36.4 Å². The summed E-state index contributed by atoms with van der Waals surface area (Å²) in [6.45, 7) is 3.22. The third kappa shape index (κ3) is 5.49. The topological polar surface area (TPSA) is 84.8 Å². The summed E-state index contributed by atoms with van der Waals surface area (Å²) >= 11 is 0. The van der Waals surface area contributed by atoms with Crippen molar-refractivity contribution in [1.82, 2.24) is 15.0 Å². The van der Waals surface area contributed by atoms with Crippen LogP contribution in [0.4, 0.5) is 17.6 Å². The highest BCUT2D eigenvalue weighted by atomic mass is 16.5. The Balaban J connectivity index is 1.17. The predicted molar refractivity (Wildman–Crippen MR) is 150 cm³/mol. The van der Waals surface area contributed by atoms with Crippen LogP contribution in [0.2, 0.25) is 0 Å². The van der Waals surface area contributed by atoms with E-state index in [1.807, 2.05) is 12.2 Å². The van der Waals surface area contributed by atoms with Crippen molar-refractivity contribution in [1.29, 1.82) is 0 Å². The van der Waals surface area contributed by atoms with Gasteiger partial charge in [-0.05, 0) is 44.2 Å². The molecule has 8 nitrogen and oxygen atoms in total. The molecule has 0 amide bonds. The highest BCUT2D eigenvalue weighted by Gasteiger charge is 2.38. The molecule has 196 valence electrons. The average Bonchev–Trinajstić information content (AvgIpc) is 3.11. The van der Waals surface area contributed by atoms with Crippen molar-refractivity contribution in [2.45, 2.75) is 50.4 Å². The van der Waals surface area contributed by atoms with Gasteiger partial charge in [-0.3, -0.25) is 4.99 Å². The number of aliphatic imine (C=N–C) groups is 1. The molecule has 1 aromatic carbocycles. The van der Waals surface area contributed by atoms with E-state index in [-0.39, 0.29) is 5.41 Å². The monoisotopic (exact) mass is 510 g/mol. The molecule has 8 heteroatoms. The van der Waals surface area contributed by atoms with Crippen LogP contribution in [0.15, 0.2) is 71.6 Å². The molecule has 1 aromatic heterocycles. The Hall–Kier alpha value is -3.94. The Morgan fingerprint density at radius 3 is 2.87 bits per heavy atom. The molecule has 4 heterocycles. The number of piperidine rings is 1. The second-order valence-electron chi connectivity index (χ2n) is 10.2. The SMILES string of the molecule is C1=CCC(OCCCc2nc(Nc3ccc4c(c3)OCC43C=CC=CC3)nc(N3CCCCC3)n2)=CN=C1. The van der Waals surface area contributed by atoms with Crippen molar-refractivity contribution in [2.24, 2.45) is 4.99 Å². The molecule has 3 aliphatic heterocycles. The molecule has 1 saturated heterocycles. The van der Waals surface area contributed by atoms with E-state index in [0.29, 0.717) is 25.6 Å². The molecule has 1 unspecified atom stereocenters. The predicted octanol–water partition coefficient (Wildman–Crippen LogP) is 5.57. The van der Waals surface area contributed by atoms with E-state index in [4.69, 9.17) is 24.4 Å². The van der Waals surface area contributed by atoms with Crippen molar-refractivity contribution in [3.63, 3.8) is 0 Å². The van der Waals surface area contributed by atoms with E-state index in [1.165, 1.54) is 12.0 Å². The number of aryl methyl sites for hydroxylation is 1. The number of allylic oxidation sites excluding steroid dienone is 5. The average molecular weight is 511 g/mol. The maximum absolute atomic E-state index is 6.12. The maximum atomic E-state index is 6.12. The highest BCUT2D eigenvalue weighted by Crippen LogP contribution is 2.45. The molecule has 2 aromatic rings. The summed E-state index contributed by atoms with van der Waals surface area (Å²) in [7, 11) is 0. The standard InChI is InChI=1S/C30H34N6O2/c1-4-14-30(15-5-1)22-38-26-20-23(12-13-25(26)30)32-28-33-27(34-29(35-28)36-17-7-2-8-18-36)11-9-19-37-24-10-3-6-16-31-21-24/h1,3-6,12-14,16,20-21H,2,7-11,15,17-19,22H2,(H,32,33,34,35). The number of hydrogen-bond acceptors (Lipinski definition) is 8. The second kappa shape index (κ2) is 11.2. The van der Waals surface area contributed by atoms with Crippen LogP contribution >= 0.6 is 0 Å². The maximum Gasteiger partial charge on any atom is 0.232 e. The fourth-order valence-electron chi connectivity index (χ4n) is 5.33. The molecule has 1 fully saturated rings. The Kier molecular flexibility index (Phi) is 7.20. The van der Waals surface area contributed by atoms with Crippen molar-refractivity contribution in [3.05, 3.63) is 78.0 Å². The van der Waals surface area contributed by atoms with Gasteiger partial charge >= 0.3 is 0 Å². The van der Waals surface area contributed by atoms with Crippen molar-refractivity contribution in [3.8, 4) is 5.75 Å². The summed E-state index contributed by atoms with van der Waals surface area (Å²) in [5, 5.41) is 3.43. The molecule has 0 radical (unpaired) electrons. The van der Waals surface area contributed by atoms with E-state index in [2.05, 4.69) is 57.7 Å². The van der Waals surface area contributed by atoms with Crippen LogP contribution < -0.4 is 15.0 Å². The minimum Gasteiger partial charge on any atom is -0.496 e. The largest absolute Gasteiger partial charge is 0.496 e. The van der Waals surface area contributed by atoms with Crippen LogP contribution in [0.25, 0.3) is 0 Å². The first-order chi connectivity index (χ1) is 18.8. The van der Waals surface area contributed by atoms with Crippen LogP contribution in [-0.2, 0) is 16.6 Å². The van der Waals surface area contributed by atoms with Gasteiger partial charge in [-0.2, -0.15) is 15.0 Å². The zero-order valence-corrected chi connectivity index (χ0v) is 21.7. The van der Waals surface area contributed by atoms with Crippen molar-refractivity contribution in [2.75, 3.05) is 36.5 Å². The van der Waals surface area contributed by atoms with Crippen molar-refractivity contribution < 1.29 is 9.47 Å². The van der Waals surface area contributed by atoms with Gasteiger partial charge in [0.15, 0.2) is 0 Å². The summed E-state index contributed by atoms with van der Waals surface area (Å²) in [5.41, 5.74) is 2.09. The molecule has 0 bridgehead atoms. The number of anilines is 3. The van der Waals surface area contributed by atoms with Crippen LogP contribution in [0.5, 0.6) is 5.75 Å². The van der Waals surface area contributed by atoms with Gasteiger partial charge in [0.25, 0.3) is 0 Å². The molecular formula is C30H34N6O2. The Bertz CT molecular complexity index is 1310. The Morgan fingerprint density at radius 2 is 1.97 bits per heavy atom. The number of nitrogens with one attached hydrogen (secondary N) is 1. The first-order valence-corrected chi connectivity index (χ1v) is 13.7. The van der Waals surface area contributed by atoms with Gasteiger partial charge in [0.1, 0.15) is 23.9 Å². The van der Waals surface area contributed by atoms with Gasteiger partial charge in [-0.25, -0.2) is 0 Å². The van der Waals surface area contributed by atoms with Crippen molar-refractivity contribution >= 4 is 23.8 Å². The van der Waals surface area contributed by atoms with Gasteiger partial charge < -0.3 is 19.7 Å². The fourth-order valence-corrected chi connectivity index (χ4v) is 5.33. The van der Waals surface area contributed by atoms with E-state index >= 15 is 0 Å². The summed E-state index contributed by atoms with van der Waals surface area (Å²) in [5.74, 6) is 3.89. The number of aromatic nitrogens is 3. The highest BCUT2D eigenvalue weighted by molar-refractivity contribution is 5.72. The first-order valence-electron chi connectivity index (χ1n) is 13.7. The van der Waals surface area contributed by atoms with Gasteiger partial charge in [0.05, 0.1) is 18.2 Å². The van der Waals surface area contributed by atoms with Crippen LogP contribution in [-0.4, -0.2) is 47.5 Å². The minimum atomic E-state index is -0.0537. The molecule has 0 saturated carbocycles. The quantitative estimate of drug-likeness (QED) is 0.465. The number of fused-ring (bicyclic) bond motifs is 2. The lowest BCUT2D eigenvalue weighted by atomic mass is 9.77. The summed E-state index contributed by atoms with van der Waals surface area (Å²) < 4.78 is 12.0. The number of nitrogens with zero attached hydrogens (tertiary/aromatic N) is 5. The third-order valence-corrected chi connectivity index (χ3v) is 7.39. The van der Waals surface area contributed by atoms with Gasteiger partial charge in [0.2, 0.25) is 11.9 Å². The molecule has 6 rings (SSSR count). The first kappa shape index (κ1) is 24.4. The molecule has 1 atom stereocenters.